The topological polar surface area (TPSA) is 215 Å². The highest BCUT2D eigenvalue weighted by atomic mass is 16.4. The maximum Gasteiger partial charge on any atom is 0.317 e. The van der Waals surface area contributed by atoms with E-state index < -0.39 is 11.9 Å². The minimum atomic E-state index is -0.937. The third-order valence-electron chi connectivity index (χ3n) is 9.29. The van der Waals surface area contributed by atoms with Crippen LogP contribution >= 0.6 is 0 Å². The fourth-order valence-corrected chi connectivity index (χ4v) is 6.23. The number of amides is 3. The van der Waals surface area contributed by atoms with Crippen molar-refractivity contribution in [3.8, 4) is 0 Å². The predicted molar refractivity (Wildman–Crippen MR) is 208 cm³/mol. The van der Waals surface area contributed by atoms with Gasteiger partial charge in [0, 0.05) is 91.0 Å². The lowest BCUT2D eigenvalue weighted by Gasteiger charge is -2.34. The van der Waals surface area contributed by atoms with Gasteiger partial charge in [-0.1, -0.05) is 47.0 Å². The molecule has 6 N–H and O–H groups in total. The molecule has 2 rings (SSSR count). The minimum Gasteiger partial charge on any atom is -0.483 e. The zero-order valence-corrected chi connectivity index (χ0v) is 33.6. The van der Waals surface area contributed by atoms with Crippen LogP contribution in [0.1, 0.15) is 85.5 Å². The van der Waals surface area contributed by atoms with Gasteiger partial charge in [0.05, 0.1) is 26.2 Å². The second-order valence-corrected chi connectivity index (χ2v) is 13.5. The van der Waals surface area contributed by atoms with E-state index in [-0.39, 0.29) is 49.9 Å². The smallest absolute Gasteiger partial charge is 0.317 e. The van der Waals surface area contributed by atoms with Gasteiger partial charge in [-0.15, -0.1) is 0 Å². The average Bonchev–Trinajstić information content (AvgIpc) is 3.13. The molecule has 54 heavy (non-hydrogen) atoms. The molecule has 0 atom stereocenters. The number of unbranched alkanes of at least 4 members (excludes halogenated alkanes) is 4. The molecule has 2 heterocycles. The number of rotatable bonds is 20. The van der Waals surface area contributed by atoms with E-state index in [0.717, 1.165) is 84.1 Å². The molecular weight excluding hydrogens is 700 g/mol. The summed E-state index contributed by atoms with van der Waals surface area (Å²) >= 11 is 0. The van der Waals surface area contributed by atoms with Gasteiger partial charge in [-0.05, 0) is 38.6 Å². The van der Waals surface area contributed by atoms with Crippen molar-refractivity contribution >= 4 is 36.1 Å². The second kappa shape index (κ2) is 33.0. The summed E-state index contributed by atoms with van der Waals surface area (Å²) in [5.41, 5.74) is 0. The fraction of sp³-hybridized carbons (Fsp3) is 0.838. The molecule has 17 nitrogen and oxygen atoms in total. The van der Waals surface area contributed by atoms with Gasteiger partial charge in [0.25, 0.3) is 6.47 Å². The summed E-state index contributed by atoms with van der Waals surface area (Å²) in [6, 6.07) is 0.0407. The SMILES string of the molecule is CC.CCCCCNC(=O)CCCCCNC(=O)CN1CCC(NC(=O)CN2CCN(CC)CCN(CC(=O)O)CCN(CC(=O)O)CC2)CC1.O=CO. The number of likely N-dealkylation sites (tertiary alicyclic amines) is 1. The van der Waals surface area contributed by atoms with Gasteiger partial charge in [-0.2, -0.15) is 0 Å². The van der Waals surface area contributed by atoms with E-state index >= 15 is 0 Å². The van der Waals surface area contributed by atoms with E-state index in [0.29, 0.717) is 65.3 Å². The summed E-state index contributed by atoms with van der Waals surface area (Å²) in [5, 5.41) is 34.8. The first-order valence-electron chi connectivity index (χ1n) is 19.9. The number of carboxylic acids is 2. The number of carbonyl (C=O) groups is 6. The summed E-state index contributed by atoms with van der Waals surface area (Å²) in [4.78, 5) is 78.8. The highest BCUT2D eigenvalue weighted by Gasteiger charge is 2.24. The largest absolute Gasteiger partial charge is 0.483 e. The standard InChI is InChI=1S/C34H64N8O7.C2H6.CH2O2/c1-3-5-8-13-35-30(43)10-7-6-9-14-36-31(44)25-39-15-11-29(12-16-39)37-32(45)26-40-19-17-38(4-2)18-20-41(27-33(46)47)23-24-42(22-21-40)28-34(48)49;1-2;2-1-3/h29H,3-28H2,1-2H3,(H,35,43)(H,36,44)(H,37,45)(H,46,47)(H,48,49);1-2H3;1H,(H,2,3). The van der Waals surface area contributed by atoms with Gasteiger partial charge in [0.2, 0.25) is 17.7 Å². The number of carboxylic acid groups (broad SMARTS) is 3. The molecule has 0 radical (unpaired) electrons. The number of likely N-dealkylation sites (N-methyl/N-ethyl adjacent to an activating group) is 1. The van der Waals surface area contributed by atoms with Crippen LogP contribution in [0.3, 0.4) is 0 Å². The third kappa shape index (κ3) is 27.2. The maximum absolute atomic E-state index is 13.1. The Labute approximate surface area is 323 Å². The first kappa shape index (κ1) is 50.6. The van der Waals surface area contributed by atoms with Crippen molar-refractivity contribution in [2.24, 2.45) is 0 Å². The molecule has 0 bridgehead atoms. The van der Waals surface area contributed by atoms with E-state index in [1.165, 1.54) is 0 Å². The van der Waals surface area contributed by atoms with Gasteiger partial charge in [0.15, 0.2) is 0 Å². The van der Waals surface area contributed by atoms with Crippen molar-refractivity contribution in [2.45, 2.75) is 91.5 Å². The van der Waals surface area contributed by atoms with Crippen LogP contribution in [0.5, 0.6) is 0 Å². The molecule has 2 aliphatic rings. The molecule has 2 fully saturated rings. The number of aliphatic carboxylic acids is 2. The van der Waals surface area contributed by atoms with Gasteiger partial charge in [0.1, 0.15) is 0 Å². The predicted octanol–water partition coefficient (Wildman–Crippen LogP) is 0.688. The molecule has 17 heteroatoms. The number of hydrogen-bond acceptors (Lipinski definition) is 11. The van der Waals surface area contributed by atoms with E-state index in [1.54, 1.807) is 0 Å². The highest BCUT2D eigenvalue weighted by molar-refractivity contribution is 5.79. The summed E-state index contributed by atoms with van der Waals surface area (Å²) < 4.78 is 0. The lowest BCUT2D eigenvalue weighted by molar-refractivity contribution is -0.140. The van der Waals surface area contributed by atoms with Crippen molar-refractivity contribution in [3.05, 3.63) is 0 Å². The Morgan fingerprint density at radius 2 is 0.981 bits per heavy atom. The Morgan fingerprint density at radius 3 is 1.44 bits per heavy atom. The Hall–Kier alpha value is -3.38. The lowest BCUT2D eigenvalue weighted by Crippen LogP contribution is -2.51. The minimum absolute atomic E-state index is 0.000819. The molecule has 2 saturated heterocycles. The molecule has 0 aliphatic carbocycles. The summed E-state index contributed by atoms with van der Waals surface area (Å²) in [6.45, 7) is 16.4. The Kier molecular flexibility index (Phi) is 30.9. The Balaban J connectivity index is 0.00000533. The summed E-state index contributed by atoms with van der Waals surface area (Å²) in [6.07, 6.45) is 7.92. The van der Waals surface area contributed by atoms with Crippen LogP contribution in [0, 0.1) is 0 Å². The van der Waals surface area contributed by atoms with E-state index in [2.05, 4.69) is 44.5 Å². The van der Waals surface area contributed by atoms with Crippen LogP contribution in [-0.2, 0) is 28.8 Å². The van der Waals surface area contributed by atoms with Crippen LogP contribution in [0.15, 0.2) is 0 Å². The monoisotopic (exact) mass is 773 g/mol. The summed E-state index contributed by atoms with van der Waals surface area (Å²) in [5.74, 6) is -1.79. The van der Waals surface area contributed by atoms with Crippen molar-refractivity contribution in [1.82, 2.24) is 40.4 Å². The molecule has 0 spiro atoms. The number of hydrogen-bond donors (Lipinski definition) is 6. The molecule has 314 valence electrons. The van der Waals surface area contributed by atoms with E-state index in [9.17, 15) is 34.2 Å². The number of carbonyl (C=O) groups excluding carboxylic acids is 3. The Morgan fingerprint density at radius 1 is 0.574 bits per heavy atom. The van der Waals surface area contributed by atoms with Gasteiger partial charge >= 0.3 is 11.9 Å². The first-order chi connectivity index (χ1) is 26.0. The quantitative estimate of drug-likeness (QED) is 0.0742. The molecule has 0 aromatic carbocycles. The number of piperidine rings is 1. The van der Waals surface area contributed by atoms with Gasteiger partial charge in [-0.3, -0.25) is 48.4 Å². The van der Waals surface area contributed by atoms with Crippen LogP contribution in [0.25, 0.3) is 0 Å². The fourth-order valence-electron chi connectivity index (χ4n) is 6.23. The molecular formula is C37H72N8O9. The number of nitrogens with zero attached hydrogens (tertiary/aromatic N) is 5. The maximum atomic E-state index is 13.1. The number of nitrogens with one attached hydrogen (secondary N) is 3. The lowest BCUT2D eigenvalue weighted by atomic mass is 10.0. The second-order valence-electron chi connectivity index (χ2n) is 13.5. The molecule has 3 amide bonds. The van der Waals surface area contributed by atoms with Crippen LogP contribution in [0.2, 0.25) is 0 Å². The van der Waals surface area contributed by atoms with E-state index in [1.807, 2.05) is 23.6 Å². The van der Waals surface area contributed by atoms with Gasteiger partial charge < -0.3 is 36.2 Å². The van der Waals surface area contributed by atoms with Crippen LogP contribution < -0.4 is 16.0 Å². The molecule has 0 saturated carbocycles. The van der Waals surface area contributed by atoms with Crippen molar-refractivity contribution in [1.29, 1.82) is 0 Å². The van der Waals surface area contributed by atoms with Crippen LogP contribution in [0.4, 0.5) is 0 Å². The van der Waals surface area contributed by atoms with Crippen molar-refractivity contribution < 1.29 is 44.1 Å². The Bertz CT molecular complexity index is 1050. The normalized spacial score (nSPS) is 17.3. The molecule has 0 unspecified atom stereocenters. The average molecular weight is 773 g/mol. The molecule has 0 aromatic rings. The van der Waals surface area contributed by atoms with Crippen LogP contribution in [-0.4, -0.2) is 193 Å². The summed E-state index contributed by atoms with van der Waals surface area (Å²) in [7, 11) is 0. The third-order valence-corrected chi connectivity index (χ3v) is 9.29. The molecule has 0 aromatic heterocycles. The van der Waals surface area contributed by atoms with E-state index in [4.69, 9.17) is 9.90 Å². The van der Waals surface area contributed by atoms with Crippen molar-refractivity contribution in [3.63, 3.8) is 0 Å². The highest BCUT2D eigenvalue weighted by Crippen LogP contribution is 2.10. The van der Waals surface area contributed by atoms with Crippen molar-refractivity contribution in [2.75, 3.05) is 111 Å². The van der Waals surface area contributed by atoms with Gasteiger partial charge in [-0.25, -0.2) is 0 Å². The zero-order chi connectivity index (χ0) is 40.6. The first-order valence-corrected chi connectivity index (χ1v) is 19.9. The zero-order valence-electron chi connectivity index (χ0n) is 33.6. The molecule has 2 aliphatic heterocycles.